The fraction of sp³-hybridized carbons (Fsp3) is 0.118. The Labute approximate surface area is 163 Å². The Balaban J connectivity index is 2.09. The van der Waals surface area contributed by atoms with Gasteiger partial charge in [0.25, 0.3) is 11.8 Å². The van der Waals surface area contributed by atoms with E-state index in [1.807, 2.05) is 6.92 Å². The van der Waals surface area contributed by atoms with E-state index in [2.05, 4.69) is 10.4 Å². The molecular weight excluding hydrogens is 395 g/mol. The number of anilines is 1. The topological polar surface area (TPSA) is 90.0 Å². The van der Waals surface area contributed by atoms with Crippen molar-refractivity contribution in [3.8, 4) is 11.1 Å². The van der Waals surface area contributed by atoms with Crippen molar-refractivity contribution >= 4 is 51.4 Å². The van der Waals surface area contributed by atoms with E-state index in [4.69, 9.17) is 28.9 Å². The quantitative estimate of drug-likeness (QED) is 0.680. The number of nitrogens with zero attached hydrogens (tertiary/aromatic N) is 2. The molecule has 0 radical (unpaired) electrons. The molecule has 1 aromatic carbocycles. The molecule has 0 aliphatic rings. The maximum atomic E-state index is 12.5. The van der Waals surface area contributed by atoms with Gasteiger partial charge in [-0.2, -0.15) is 5.10 Å². The molecule has 0 aliphatic carbocycles. The van der Waals surface area contributed by atoms with E-state index < -0.39 is 5.91 Å². The van der Waals surface area contributed by atoms with Crippen LogP contribution in [-0.4, -0.2) is 21.6 Å². The number of benzene rings is 1. The Hall–Kier alpha value is -2.35. The van der Waals surface area contributed by atoms with Gasteiger partial charge in [-0.15, -0.1) is 11.3 Å². The van der Waals surface area contributed by atoms with Gasteiger partial charge in [0.2, 0.25) is 0 Å². The number of halogens is 2. The lowest BCUT2D eigenvalue weighted by atomic mass is 10.0. The minimum atomic E-state index is -0.657. The van der Waals surface area contributed by atoms with Crippen molar-refractivity contribution in [1.29, 1.82) is 0 Å². The molecule has 2 amide bonds. The molecule has 9 heteroatoms. The summed E-state index contributed by atoms with van der Waals surface area (Å²) in [4.78, 5) is 25.4. The third kappa shape index (κ3) is 3.33. The maximum Gasteiger partial charge on any atom is 0.274 e. The van der Waals surface area contributed by atoms with Crippen LogP contribution in [0.15, 0.2) is 30.5 Å². The molecule has 0 saturated heterocycles. The first-order chi connectivity index (χ1) is 12.3. The second kappa shape index (κ2) is 7.11. The van der Waals surface area contributed by atoms with Crippen molar-refractivity contribution in [2.75, 3.05) is 5.32 Å². The molecule has 3 rings (SSSR count). The molecule has 0 fully saturated rings. The van der Waals surface area contributed by atoms with E-state index >= 15 is 0 Å². The molecule has 0 saturated carbocycles. The summed E-state index contributed by atoms with van der Waals surface area (Å²) in [6, 6.07) is 6.57. The van der Waals surface area contributed by atoms with Crippen molar-refractivity contribution in [3.05, 3.63) is 56.6 Å². The van der Waals surface area contributed by atoms with Crippen molar-refractivity contribution in [2.45, 2.75) is 6.92 Å². The highest BCUT2D eigenvalue weighted by Crippen LogP contribution is 2.42. The number of carbonyl (C=O) groups is 2. The zero-order chi connectivity index (χ0) is 19.0. The fourth-order valence-corrected chi connectivity index (χ4v) is 4.22. The van der Waals surface area contributed by atoms with Crippen molar-refractivity contribution in [1.82, 2.24) is 9.78 Å². The van der Waals surface area contributed by atoms with Gasteiger partial charge < -0.3 is 11.1 Å². The van der Waals surface area contributed by atoms with Gasteiger partial charge in [-0.1, -0.05) is 29.3 Å². The third-order valence-corrected chi connectivity index (χ3v) is 5.38. The van der Waals surface area contributed by atoms with Crippen LogP contribution in [0.1, 0.15) is 25.7 Å². The molecule has 0 spiro atoms. The van der Waals surface area contributed by atoms with E-state index in [1.165, 1.54) is 22.2 Å². The number of carbonyl (C=O) groups excluding carboxylic acids is 2. The predicted octanol–water partition coefficient (Wildman–Crippen LogP) is 4.12. The lowest BCUT2D eigenvalue weighted by Gasteiger charge is -2.09. The van der Waals surface area contributed by atoms with E-state index in [0.717, 1.165) is 4.88 Å². The number of hydrogen-bond acceptors (Lipinski definition) is 4. The molecule has 0 bridgehead atoms. The summed E-state index contributed by atoms with van der Waals surface area (Å²) >= 11 is 13.5. The van der Waals surface area contributed by atoms with Crippen molar-refractivity contribution in [3.63, 3.8) is 0 Å². The van der Waals surface area contributed by atoms with Gasteiger partial charge in [0, 0.05) is 39.3 Å². The number of nitrogens with two attached hydrogens (primary N) is 1. The first-order valence-corrected chi connectivity index (χ1v) is 9.04. The molecule has 6 nitrogen and oxygen atoms in total. The average molecular weight is 409 g/mol. The van der Waals surface area contributed by atoms with Crippen LogP contribution in [0.4, 0.5) is 5.00 Å². The molecule has 26 heavy (non-hydrogen) atoms. The van der Waals surface area contributed by atoms with Gasteiger partial charge in [-0.25, -0.2) is 0 Å². The summed E-state index contributed by atoms with van der Waals surface area (Å²) in [6.07, 6.45) is 1.52. The van der Waals surface area contributed by atoms with Crippen LogP contribution < -0.4 is 11.1 Å². The largest absolute Gasteiger partial charge is 0.365 e. The molecule has 0 unspecified atom stereocenters. The minimum absolute atomic E-state index is 0.215. The standard InChI is InChI=1S/C17H14Cl2N4O2S/c1-8-13(10-4-3-9(18)7-11(10)19)14(15(20)24)17(26-8)22-16(25)12-5-6-21-23(12)2/h3-7H,1-2H3,(H2,20,24)(H,22,25). The minimum Gasteiger partial charge on any atom is -0.365 e. The number of amides is 2. The number of rotatable bonds is 4. The van der Waals surface area contributed by atoms with Crippen LogP contribution in [0.3, 0.4) is 0 Å². The number of hydrogen-bond donors (Lipinski definition) is 2. The lowest BCUT2D eigenvalue weighted by molar-refractivity contribution is 0.100. The second-order valence-corrected chi connectivity index (χ2v) is 7.59. The monoisotopic (exact) mass is 408 g/mol. The summed E-state index contributed by atoms with van der Waals surface area (Å²) in [5.41, 5.74) is 7.39. The van der Waals surface area contributed by atoms with E-state index in [1.54, 1.807) is 31.3 Å². The van der Waals surface area contributed by atoms with E-state index in [0.29, 0.717) is 31.9 Å². The molecule has 0 aliphatic heterocycles. The normalized spacial score (nSPS) is 10.8. The summed E-state index contributed by atoms with van der Waals surface area (Å²) < 4.78 is 1.44. The fourth-order valence-electron chi connectivity index (χ4n) is 2.65. The highest BCUT2D eigenvalue weighted by atomic mass is 35.5. The first kappa shape index (κ1) is 18.4. The molecular formula is C17H14Cl2N4O2S. The van der Waals surface area contributed by atoms with Gasteiger partial charge in [0.1, 0.15) is 10.7 Å². The van der Waals surface area contributed by atoms with Crippen LogP contribution in [0.2, 0.25) is 10.0 Å². The number of thiophene rings is 1. The molecule has 134 valence electrons. The smallest absolute Gasteiger partial charge is 0.274 e. The Morgan fingerprint density at radius 1 is 1.27 bits per heavy atom. The number of primary amides is 1. The Bertz CT molecular complexity index is 1030. The van der Waals surface area contributed by atoms with E-state index in [-0.39, 0.29) is 11.5 Å². The average Bonchev–Trinajstić information content (AvgIpc) is 3.11. The van der Waals surface area contributed by atoms with Crippen LogP contribution in [-0.2, 0) is 7.05 Å². The van der Waals surface area contributed by atoms with Crippen molar-refractivity contribution < 1.29 is 9.59 Å². The Morgan fingerprint density at radius 2 is 2.00 bits per heavy atom. The van der Waals surface area contributed by atoms with Crippen LogP contribution in [0.25, 0.3) is 11.1 Å². The van der Waals surface area contributed by atoms with Gasteiger partial charge in [-0.3, -0.25) is 14.3 Å². The molecule has 2 heterocycles. The molecule has 3 aromatic rings. The summed E-state index contributed by atoms with van der Waals surface area (Å²) in [6.45, 7) is 1.83. The van der Waals surface area contributed by atoms with Crippen molar-refractivity contribution in [2.24, 2.45) is 12.8 Å². The first-order valence-electron chi connectivity index (χ1n) is 7.47. The van der Waals surface area contributed by atoms with Crippen LogP contribution in [0.5, 0.6) is 0 Å². The molecule has 3 N–H and O–H groups in total. The van der Waals surface area contributed by atoms with Crippen LogP contribution in [0, 0.1) is 6.92 Å². The zero-order valence-electron chi connectivity index (χ0n) is 13.8. The van der Waals surface area contributed by atoms with Gasteiger partial charge in [0.05, 0.1) is 5.56 Å². The highest BCUT2D eigenvalue weighted by Gasteiger charge is 2.25. The van der Waals surface area contributed by atoms with Gasteiger partial charge >= 0.3 is 0 Å². The lowest BCUT2D eigenvalue weighted by Crippen LogP contribution is -2.19. The number of nitrogens with one attached hydrogen (secondary N) is 1. The summed E-state index contributed by atoms with van der Waals surface area (Å²) in [5.74, 6) is -1.04. The Morgan fingerprint density at radius 3 is 2.58 bits per heavy atom. The maximum absolute atomic E-state index is 12.5. The van der Waals surface area contributed by atoms with Gasteiger partial charge in [0.15, 0.2) is 0 Å². The highest BCUT2D eigenvalue weighted by molar-refractivity contribution is 7.17. The van der Waals surface area contributed by atoms with E-state index in [9.17, 15) is 9.59 Å². The number of aryl methyl sites for hydroxylation is 2. The number of aromatic nitrogens is 2. The molecule has 2 aromatic heterocycles. The predicted molar refractivity (Wildman–Crippen MR) is 104 cm³/mol. The zero-order valence-corrected chi connectivity index (χ0v) is 16.2. The molecule has 0 atom stereocenters. The van der Waals surface area contributed by atoms with Gasteiger partial charge in [-0.05, 0) is 25.1 Å². The Kier molecular flexibility index (Phi) is 5.04. The summed E-state index contributed by atoms with van der Waals surface area (Å²) in [7, 11) is 1.66. The third-order valence-electron chi connectivity index (χ3n) is 3.81. The summed E-state index contributed by atoms with van der Waals surface area (Å²) in [5, 5.41) is 7.95. The second-order valence-electron chi connectivity index (χ2n) is 5.52. The SMILES string of the molecule is Cc1sc(NC(=O)c2ccnn2C)c(C(N)=O)c1-c1ccc(Cl)cc1Cl. The van der Waals surface area contributed by atoms with Crippen LogP contribution >= 0.6 is 34.5 Å².